The standard InChI is InChI=1S/C14H20N2O2/c1-4-14(6-5-7-14)16-12-11(13(17)18)9(2)8-10(3)15-12/h8H,4-7H2,1-3H3,(H,15,16)(H,17,18). The predicted octanol–water partition coefficient (Wildman–Crippen LogP) is 3.14. The van der Waals surface area contributed by atoms with E-state index in [1.54, 1.807) is 0 Å². The van der Waals surface area contributed by atoms with E-state index < -0.39 is 5.97 Å². The van der Waals surface area contributed by atoms with Gasteiger partial charge in [-0.3, -0.25) is 0 Å². The van der Waals surface area contributed by atoms with Crippen molar-refractivity contribution in [3.63, 3.8) is 0 Å². The van der Waals surface area contributed by atoms with Crippen LogP contribution in [0.5, 0.6) is 0 Å². The SMILES string of the molecule is CCC1(Nc2nc(C)cc(C)c2C(=O)O)CCC1. The molecular weight excluding hydrogens is 228 g/mol. The topological polar surface area (TPSA) is 62.2 Å². The number of aromatic nitrogens is 1. The molecule has 1 aromatic heterocycles. The molecule has 0 atom stereocenters. The molecule has 0 aromatic carbocycles. The smallest absolute Gasteiger partial charge is 0.339 e. The van der Waals surface area contributed by atoms with Gasteiger partial charge in [-0.1, -0.05) is 6.92 Å². The first-order valence-corrected chi connectivity index (χ1v) is 6.47. The molecule has 0 radical (unpaired) electrons. The molecule has 18 heavy (non-hydrogen) atoms. The van der Waals surface area contributed by atoms with E-state index in [1.165, 1.54) is 6.42 Å². The maximum Gasteiger partial charge on any atom is 0.339 e. The summed E-state index contributed by atoms with van der Waals surface area (Å²) in [5.74, 6) is -0.380. The average molecular weight is 248 g/mol. The Morgan fingerprint density at radius 1 is 1.50 bits per heavy atom. The van der Waals surface area contributed by atoms with Gasteiger partial charge in [0.25, 0.3) is 0 Å². The Balaban J connectivity index is 2.39. The molecule has 1 aliphatic carbocycles. The molecule has 0 aliphatic heterocycles. The summed E-state index contributed by atoms with van der Waals surface area (Å²) < 4.78 is 0. The van der Waals surface area contributed by atoms with Gasteiger partial charge in [0.1, 0.15) is 11.4 Å². The Morgan fingerprint density at radius 3 is 2.61 bits per heavy atom. The van der Waals surface area contributed by atoms with Gasteiger partial charge in [-0.2, -0.15) is 0 Å². The molecule has 1 aromatic rings. The van der Waals surface area contributed by atoms with Gasteiger partial charge in [-0.25, -0.2) is 9.78 Å². The van der Waals surface area contributed by atoms with E-state index in [2.05, 4.69) is 17.2 Å². The number of hydrogen-bond acceptors (Lipinski definition) is 3. The van der Waals surface area contributed by atoms with Crippen LogP contribution in [0.25, 0.3) is 0 Å². The minimum atomic E-state index is -0.909. The van der Waals surface area contributed by atoms with Crippen LogP contribution in [-0.2, 0) is 0 Å². The van der Waals surface area contributed by atoms with E-state index in [4.69, 9.17) is 0 Å². The first-order valence-electron chi connectivity index (χ1n) is 6.47. The molecule has 1 aliphatic rings. The van der Waals surface area contributed by atoms with Crippen molar-refractivity contribution in [3.05, 3.63) is 22.9 Å². The highest BCUT2D eigenvalue weighted by Crippen LogP contribution is 2.38. The minimum absolute atomic E-state index is 0.0530. The van der Waals surface area contributed by atoms with Crippen LogP contribution in [0.4, 0.5) is 5.82 Å². The zero-order valence-corrected chi connectivity index (χ0v) is 11.2. The Morgan fingerprint density at radius 2 is 2.17 bits per heavy atom. The number of nitrogens with zero attached hydrogens (tertiary/aromatic N) is 1. The molecule has 0 spiro atoms. The summed E-state index contributed by atoms with van der Waals surface area (Å²) in [6.07, 6.45) is 4.39. The highest BCUT2D eigenvalue weighted by Gasteiger charge is 2.36. The molecule has 0 unspecified atom stereocenters. The van der Waals surface area contributed by atoms with Crippen molar-refractivity contribution in [1.29, 1.82) is 0 Å². The molecule has 4 heteroatoms. The Labute approximate surface area is 107 Å². The second-order valence-electron chi connectivity index (χ2n) is 5.22. The first kappa shape index (κ1) is 12.9. The van der Waals surface area contributed by atoms with Crippen LogP contribution in [0.3, 0.4) is 0 Å². The van der Waals surface area contributed by atoms with E-state index in [0.717, 1.165) is 30.5 Å². The lowest BCUT2D eigenvalue weighted by molar-refractivity contribution is 0.0696. The molecular formula is C14H20N2O2. The van der Waals surface area contributed by atoms with Gasteiger partial charge >= 0.3 is 5.97 Å². The van der Waals surface area contributed by atoms with E-state index in [-0.39, 0.29) is 5.54 Å². The van der Waals surface area contributed by atoms with Crippen LogP contribution in [0.2, 0.25) is 0 Å². The molecule has 4 nitrogen and oxygen atoms in total. The zero-order valence-electron chi connectivity index (χ0n) is 11.2. The fourth-order valence-electron chi connectivity index (χ4n) is 2.62. The third kappa shape index (κ3) is 2.19. The monoisotopic (exact) mass is 248 g/mol. The van der Waals surface area contributed by atoms with Gasteiger partial charge in [0.15, 0.2) is 0 Å². The van der Waals surface area contributed by atoms with Crippen molar-refractivity contribution in [2.45, 2.75) is 52.0 Å². The number of pyridine rings is 1. The highest BCUT2D eigenvalue weighted by molar-refractivity contribution is 5.95. The molecule has 2 rings (SSSR count). The molecule has 1 saturated carbocycles. The van der Waals surface area contributed by atoms with Crippen LogP contribution >= 0.6 is 0 Å². The summed E-state index contributed by atoms with van der Waals surface area (Å²) in [6.45, 7) is 5.85. The molecule has 98 valence electrons. The van der Waals surface area contributed by atoms with Crippen molar-refractivity contribution in [3.8, 4) is 0 Å². The number of carbonyl (C=O) groups is 1. The summed E-state index contributed by atoms with van der Waals surface area (Å²) in [6, 6.07) is 1.81. The number of aryl methyl sites for hydroxylation is 2. The van der Waals surface area contributed by atoms with Crippen LogP contribution in [0.15, 0.2) is 6.07 Å². The van der Waals surface area contributed by atoms with Crippen molar-refractivity contribution in [2.75, 3.05) is 5.32 Å². The molecule has 1 fully saturated rings. The fourth-order valence-corrected chi connectivity index (χ4v) is 2.62. The zero-order chi connectivity index (χ0) is 13.3. The number of carboxylic acid groups (broad SMARTS) is 1. The van der Waals surface area contributed by atoms with Crippen LogP contribution in [0.1, 0.15) is 54.2 Å². The summed E-state index contributed by atoms with van der Waals surface area (Å²) in [5.41, 5.74) is 1.98. The van der Waals surface area contributed by atoms with Crippen LogP contribution < -0.4 is 5.32 Å². The molecule has 0 saturated heterocycles. The lowest BCUT2D eigenvalue weighted by Crippen LogP contribution is -2.45. The van der Waals surface area contributed by atoms with Crippen molar-refractivity contribution in [2.24, 2.45) is 0 Å². The van der Waals surface area contributed by atoms with Crippen molar-refractivity contribution in [1.82, 2.24) is 4.98 Å². The minimum Gasteiger partial charge on any atom is -0.478 e. The Bertz CT molecular complexity index is 473. The number of aromatic carboxylic acids is 1. The van der Waals surface area contributed by atoms with Gasteiger partial charge < -0.3 is 10.4 Å². The average Bonchev–Trinajstić information content (AvgIpc) is 2.21. The maximum atomic E-state index is 11.4. The van der Waals surface area contributed by atoms with E-state index >= 15 is 0 Å². The number of carboxylic acids is 1. The number of hydrogen-bond donors (Lipinski definition) is 2. The number of nitrogens with one attached hydrogen (secondary N) is 1. The second kappa shape index (κ2) is 4.59. The van der Waals surface area contributed by atoms with Crippen molar-refractivity contribution < 1.29 is 9.90 Å². The van der Waals surface area contributed by atoms with Gasteiger partial charge in [0, 0.05) is 11.2 Å². The molecule has 2 N–H and O–H groups in total. The van der Waals surface area contributed by atoms with Crippen LogP contribution in [-0.4, -0.2) is 21.6 Å². The van der Waals surface area contributed by atoms with Gasteiger partial charge in [-0.05, 0) is 51.2 Å². The highest BCUT2D eigenvalue weighted by atomic mass is 16.4. The van der Waals surface area contributed by atoms with E-state index in [0.29, 0.717) is 11.4 Å². The molecule has 1 heterocycles. The quantitative estimate of drug-likeness (QED) is 0.859. The Kier molecular flexibility index (Phi) is 3.28. The third-order valence-electron chi connectivity index (χ3n) is 3.93. The predicted molar refractivity (Wildman–Crippen MR) is 71.2 cm³/mol. The summed E-state index contributed by atoms with van der Waals surface area (Å²) in [7, 11) is 0. The lowest BCUT2D eigenvalue weighted by atomic mass is 9.75. The largest absolute Gasteiger partial charge is 0.478 e. The normalized spacial score (nSPS) is 17.1. The Hall–Kier alpha value is -1.58. The van der Waals surface area contributed by atoms with Crippen LogP contribution in [0, 0.1) is 13.8 Å². The first-order chi connectivity index (χ1) is 8.47. The molecule has 0 bridgehead atoms. The maximum absolute atomic E-state index is 11.4. The number of rotatable bonds is 4. The van der Waals surface area contributed by atoms with Gasteiger partial charge in [0.05, 0.1) is 0 Å². The summed E-state index contributed by atoms with van der Waals surface area (Å²) >= 11 is 0. The van der Waals surface area contributed by atoms with Gasteiger partial charge in [-0.15, -0.1) is 0 Å². The summed E-state index contributed by atoms with van der Waals surface area (Å²) in [4.78, 5) is 15.7. The third-order valence-corrected chi connectivity index (χ3v) is 3.93. The van der Waals surface area contributed by atoms with Gasteiger partial charge in [0.2, 0.25) is 0 Å². The lowest BCUT2D eigenvalue weighted by Gasteiger charge is -2.42. The summed E-state index contributed by atoms with van der Waals surface area (Å²) in [5, 5.41) is 12.7. The van der Waals surface area contributed by atoms with E-state index in [9.17, 15) is 9.90 Å². The van der Waals surface area contributed by atoms with Crippen molar-refractivity contribution >= 4 is 11.8 Å². The molecule has 0 amide bonds. The number of anilines is 1. The van der Waals surface area contributed by atoms with E-state index in [1.807, 2.05) is 19.9 Å². The fraction of sp³-hybridized carbons (Fsp3) is 0.571. The second-order valence-corrected chi connectivity index (χ2v) is 5.22.